The lowest BCUT2D eigenvalue weighted by Crippen LogP contribution is -2.39. The maximum absolute atomic E-state index is 12.5. The zero-order chi connectivity index (χ0) is 18.8. The molecular weight excluding hydrogens is 363 g/mol. The molecule has 0 amide bonds. The molecule has 0 bridgehead atoms. The van der Waals surface area contributed by atoms with Gasteiger partial charge in [0, 0.05) is 31.9 Å². The maximum atomic E-state index is 12.5. The fourth-order valence-corrected chi connectivity index (χ4v) is 3.74. The molecule has 2 rings (SSSR count). The number of nitrogens with one attached hydrogen (secondary N) is 2. The molecule has 1 fully saturated rings. The van der Waals surface area contributed by atoms with E-state index in [0.29, 0.717) is 23.9 Å². The Morgan fingerprint density at radius 2 is 1.88 bits per heavy atom. The van der Waals surface area contributed by atoms with Crippen LogP contribution in [0.3, 0.4) is 0 Å². The number of hydrogen-bond acceptors (Lipinski definition) is 4. The van der Waals surface area contributed by atoms with Crippen molar-refractivity contribution in [2.75, 3.05) is 39.8 Å². The standard InChI is InChI=1S/C17H28F3N5S/c1-21-16(22-8-6-12-25-10-4-2-3-5-11-25)23-9-7-15-24-14(13-26-15)17(18,19)20/h13H,2-12H2,1H3,(H2,21,22,23). The molecule has 0 aliphatic carbocycles. The van der Waals surface area contributed by atoms with Crippen molar-refractivity contribution in [1.29, 1.82) is 0 Å². The first-order chi connectivity index (χ1) is 12.5. The number of alkyl halides is 3. The molecule has 0 aromatic carbocycles. The number of aliphatic imine (C=N–C) groups is 1. The molecule has 5 nitrogen and oxygen atoms in total. The van der Waals surface area contributed by atoms with Crippen LogP contribution in [-0.4, -0.2) is 55.6 Å². The number of thiazole rings is 1. The quantitative estimate of drug-likeness (QED) is 0.426. The minimum atomic E-state index is -4.37. The smallest absolute Gasteiger partial charge is 0.356 e. The number of guanidine groups is 1. The summed E-state index contributed by atoms with van der Waals surface area (Å²) in [5.74, 6) is 0.675. The van der Waals surface area contributed by atoms with Gasteiger partial charge >= 0.3 is 6.18 Å². The van der Waals surface area contributed by atoms with E-state index in [4.69, 9.17) is 0 Å². The van der Waals surface area contributed by atoms with E-state index in [1.807, 2.05) is 0 Å². The van der Waals surface area contributed by atoms with Crippen molar-refractivity contribution in [3.63, 3.8) is 0 Å². The van der Waals surface area contributed by atoms with Crippen LogP contribution in [0.25, 0.3) is 0 Å². The third-order valence-electron chi connectivity index (χ3n) is 4.34. The Morgan fingerprint density at radius 1 is 1.19 bits per heavy atom. The van der Waals surface area contributed by atoms with Crippen LogP contribution < -0.4 is 10.6 Å². The Morgan fingerprint density at radius 3 is 2.50 bits per heavy atom. The third kappa shape index (κ3) is 7.49. The number of aromatic nitrogens is 1. The summed E-state index contributed by atoms with van der Waals surface area (Å²) in [6.45, 7) is 4.80. The molecule has 26 heavy (non-hydrogen) atoms. The lowest BCUT2D eigenvalue weighted by molar-refractivity contribution is -0.140. The average molecular weight is 392 g/mol. The Labute approximate surface area is 157 Å². The molecule has 0 saturated carbocycles. The number of hydrogen-bond donors (Lipinski definition) is 2. The zero-order valence-electron chi connectivity index (χ0n) is 15.2. The van der Waals surface area contributed by atoms with Crippen molar-refractivity contribution in [3.8, 4) is 0 Å². The molecule has 148 valence electrons. The van der Waals surface area contributed by atoms with Crippen molar-refractivity contribution in [3.05, 3.63) is 16.1 Å². The van der Waals surface area contributed by atoms with E-state index in [2.05, 4.69) is 25.5 Å². The summed E-state index contributed by atoms with van der Waals surface area (Å²) in [6.07, 6.45) is 2.39. The summed E-state index contributed by atoms with van der Waals surface area (Å²) in [6, 6.07) is 0. The van der Waals surface area contributed by atoms with Crippen LogP contribution in [0.15, 0.2) is 10.4 Å². The SMILES string of the molecule is CN=C(NCCCN1CCCCCC1)NCCc1nc(C(F)(F)F)cs1. The van der Waals surface area contributed by atoms with E-state index in [0.717, 1.165) is 36.2 Å². The van der Waals surface area contributed by atoms with Crippen molar-refractivity contribution in [2.24, 2.45) is 4.99 Å². The summed E-state index contributed by atoms with van der Waals surface area (Å²) in [5, 5.41) is 7.91. The fraction of sp³-hybridized carbons (Fsp3) is 0.765. The van der Waals surface area contributed by atoms with Crippen LogP contribution >= 0.6 is 11.3 Å². The molecule has 2 heterocycles. The van der Waals surface area contributed by atoms with Crippen molar-refractivity contribution >= 4 is 17.3 Å². The van der Waals surface area contributed by atoms with Gasteiger partial charge in [-0.25, -0.2) is 4.98 Å². The Bertz CT molecular complexity index is 551. The van der Waals surface area contributed by atoms with Crippen LogP contribution in [-0.2, 0) is 12.6 Å². The fourth-order valence-electron chi connectivity index (χ4n) is 2.93. The van der Waals surface area contributed by atoms with Gasteiger partial charge in [-0.2, -0.15) is 13.2 Å². The molecule has 1 saturated heterocycles. The molecule has 2 N–H and O–H groups in total. The third-order valence-corrected chi connectivity index (χ3v) is 5.25. The van der Waals surface area contributed by atoms with Crippen LogP contribution in [0, 0.1) is 0 Å². The Balaban J connectivity index is 1.61. The van der Waals surface area contributed by atoms with Gasteiger partial charge in [-0.05, 0) is 38.9 Å². The summed E-state index contributed by atoms with van der Waals surface area (Å²) < 4.78 is 37.6. The number of likely N-dealkylation sites (tertiary alicyclic amines) is 1. The zero-order valence-corrected chi connectivity index (χ0v) is 16.1. The second-order valence-electron chi connectivity index (χ2n) is 6.41. The molecule has 0 unspecified atom stereocenters. The summed E-state index contributed by atoms with van der Waals surface area (Å²) >= 11 is 1.04. The minimum absolute atomic E-state index is 0.440. The first kappa shape index (κ1) is 21.0. The first-order valence-electron chi connectivity index (χ1n) is 9.17. The average Bonchev–Trinajstić information content (AvgIpc) is 2.94. The van der Waals surface area contributed by atoms with Gasteiger partial charge < -0.3 is 15.5 Å². The van der Waals surface area contributed by atoms with Crippen LogP contribution in [0.2, 0.25) is 0 Å². The molecule has 1 aromatic rings. The highest BCUT2D eigenvalue weighted by molar-refractivity contribution is 7.09. The van der Waals surface area contributed by atoms with Gasteiger partial charge in [-0.3, -0.25) is 4.99 Å². The molecule has 0 atom stereocenters. The largest absolute Gasteiger partial charge is 0.434 e. The predicted molar refractivity (Wildman–Crippen MR) is 99.7 cm³/mol. The van der Waals surface area contributed by atoms with Crippen molar-refractivity contribution in [1.82, 2.24) is 20.5 Å². The van der Waals surface area contributed by atoms with E-state index < -0.39 is 11.9 Å². The Hall–Kier alpha value is -1.35. The molecule has 1 aliphatic rings. The van der Waals surface area contributed by atoms with Crippen molar-refractivity contribution < 1.29 is 13.2 Å². The lowest BCUT2D eigenvalue weighted by Gasteiger charge is -2.20. The molecule has 1 aromatic heterocycles. The van der Waals surface area contributed by atoms with Gasteiger partial charge in [-0.15, -0.1) is 11.3 Å². The van der Waals surface area contributed by atoms with Crippen LogP contribution in [0.5, 0.6) is 0 Å². The summed E-state index contributed by atoms with van der Waals surface area (Å²) in [7, 11) is 1.69. The molecular formula is C17H28F3N5S. The predicted octanol–water partition coefficient (Wildman–Crippen LogP) is 3.14. The second kappa shape index (κ2) is 10.7. The van der Waals surface area contributed by atoms with Crippen LogP contribution in [0.1, 0.15) is 42.8 Å². The second-order valence-corrected chi connectivity index (χ2v) is 7.35. The van der Waals surface area contributed by atoms with E-state index >= 15 is 0 Å². The number of rotatable bonds is 7. The number of nitrogens with zero attached hydrogens (tertiary/aromatic N) is 3. The van der Waals surface area contributed by atoms with Crippen LogP contribution in [0.4, 0.5) is 13.2 Å². The normalized spacial score (nSPS) is 17.2. The van der Waals surface area contributed by atoms with E-state index in [1.54, 1.807) is 7.05 Å². The molecule has 9 heteroatoms. The van der Waals surface area contributed by atoms with E-state index in [9.17, 15) is 13.2 Å². The highest BCUT2D eigenvalue weighted by Gasteiger charge is 2.33. The maximum Gasteiger partial charge on any atom is 0.434 e. The van der Waals surface area contributed by atoms with Gasteiger partial charge in [0.2, 0.25) is 0 Å². The molecule has 0 radical (unpaired) electrons. The highest BCUT2D eigenvalue weighted by atomic mass is 32.1. The highest BCUT2D eigenvalue weighted by Crippen LogP contribution is 2.29. The molecule has 0 spiro atoms. The number of halogens is 3. The van der Waals surface area contributed by atoms with Crippen molar-refractivity contribution in [2.45, 2.75) is 44.7 Å². The monoisotopic (exact) mass is 391 g/mol. The first-order valence-corrected chi connectivity index (χ1v) is 10.1. The molecule has 1 aliphatic heterocycles. The van der Waals surface area contributed by atoms with Gasteiger partial charge in [-0.1, -0.05) is 12.8 Å². The van der Waals surface area contributed by atoms with Gasteiger partial charge in [0.1, 0.15) is 0 Å². The van der Waals surface area contributed by atoms with Gasteiger partial charge in [0.15, 0.2) is 11.7 Å². The van der Waals surface area contributed by atoms with E-state index in [-0.39, 0.29) is 0 Å². The summed E-state index contributed by atoms with van der Waals surface area (Å²) in [4.78, 5) is 10.3. The lowest BCUT2D eigenvalue weighted by atomic mass is 10.2. The Kier molecular flexibility index (Phi) is 8.64. The topological polar surface area (TPSA) is 52.6 Å². The van der Waals surface area contributed by atoms with E-state index in [1.165, 1.54) is 38.8 Å². The minimum Gasteiger partial charge on any atom is -0.356 e. The summed E-state index contributed by atoms with van der Waals surface area (Å²) in [5.41, 5.74) is -0.812. The van der Waals surface area contributed by atoms with Gasteiger partial charge in [0.05, 0.1) is 5.01 Å². The van der Waals surface area contributed by atoms with Gasteiger partial charge in [0.25, 0.3) is 0 Å².